The van der Waals surface area contributed by atoms with E-state index in [9.17, 15) is 17.6 Å². The lowest BCUT2D eigenvalue weighted by Gasteiger charge is -2.39. The second kappa shape index (κ2) is 7.33. The minimum Gasteiger partial charge on any atom is -0.423 e. The van der Waals surface area contributed by atoms with Crippen molar-refractivity contribution >= 4 is 32.9 Å². The van der Waals surface area contributed by atoms with Gasteiger partial charge < -0.3 is 14.2 Å². The monoisotopic (exact) mass is 443 g/mol. The summed E-state index contributed by atoms with van der Waals surface area (Å²) in [6.45, 7) is 3.25. The summed E-state index contributed by atoms with van der Waals surface area (Å²) in [6, 6.07) is 10.9. The molecule has 2 aromatic carbocycles. The Morgan fingerprint density at radius 2 is 1.94 bits per heavy atom. The lowest BCUT2D eigenvalue weighted by Crippen LogP contribution is -2.54. The fraction of sp³-hybridized carbons (Fsp3) is 0.364. The van der Waals surface area contributed by atoms with Crippen LogP contribution in [0.15, 0.2) is 51.8 Å². The van der Waals surface area contributed by atoms with Crippen molar-refractivity contribution in [1.82, 2.24) is 9.88 Å². The second-order valence-electron chi connectivity index (χ2n) is 8.14. The first-order valence-electron chi connectivity index (χ1n) is 10.3. The molecule has 2 fully saturated rings. The van der Waals surface area contributed by atoms with Crippen LogP contribution >= 0.6 is 0 Å². The third kappa shape index (κ3) is 3.56. The molecule has 31 heavy (non-hydrogen) atoms. The highest BCUT2D eigenvalue weighted by Gasteiger charge is 2.40. The highest BCUT2D eigenvalue weighted by Crippen LogP contribution is 2.35. The van der Waals surface area contributed by atoms with Crippen LogP contribution in [0.2, 0.25) is 0 Å². The molecule has 1 atom stereocenters. The van der Waals surface area contributed by atoms with E-state index in [1.165, 1.54) is 18.2 Å². The van der Waals surface area contributed by atoms with Gasteiger partial charge in [-0.1, -0.05) is 12.1 Å². The van der Waals surface area contributed by atoms with Gasteiger partial charge in [0.2, 0.25) is 0 Å². The summed E-state index contributed by atoms with van der Waals surface area (Å²) in [5, 5.41) is -0.375. The van der Waals surface area contributed by atoms with Crippen LogP contribution in [0.1, 0.15) is 30.1 Å². The average molecular weight is 444 g/mol. The van der Waals surface area contributed by atoms with Crippen molar-refractivity contribution in [2.75, 3.05) is 24.5 Å². The first-order chi connectivity index (χ1) is 14.8. The molecule has 5 rings (SSSR count). The molecule has 2 heterocycles. The Morgan fingerprint density at radius 3 is 2.68 bits per heavy atom. The number of carbonyl (C=O) groups excluding carboxylic acids is 1. The van der Waals surface area contributed by atoms with Crippen LogP contribution in [0, 0.1) is 5.82 Å². The van der Waals surface area contributed by atoms with Crippen molar-refractivity contribution in [3.8, 4) is 0 Å². The Balaban J connectivity index is 1.37. The van der Waals surface area contributed by atoms with Gasteiger partial charge >= 0.3 is 0 Å². The molecule has 0 unspecified atom stereocenters. The lowest BCUT2D eigenvalue weighted by atomic mass is 10.1. The Labute approximate surface area is 179 Å². The van der Waals surface area contributed by atoms with Gasteiger partial charge in [-0.05, 0) is 44.0 Å². The van der Waals surface area contributed by atoms with Crippen LogP contribution in [0.25, 0.3) is 11.1 Å². The minimum atomic E-state index is -3.48. The van der Waals surface area contributed by atoms with Gasteiger partial charge in [0.25, 0.3) is 11.9 Å². The first-order valence-corrected chi connectivity index (χ1v) is 11.8. The van der Waals surface area contributed by atoms with Crippen LogP contribution in [-0.4, -0.2) is 55.1 Å². The normalized spacial score (nSPS) is 19.7. The number of carbonyl (C=O) groups is 1. The topological polar surface area (TPSA) is 83.7 Å². The number of amides is 1. The van der Waals surface area contributed by atoms with Crippen molar-refractivity contribution in [2.24, 2.45) is 0 Å². The van der Waals surface area contributed by atoms with Gasteiger partial charge in [0.05, 0.1) is 15.7 Å². The van der Waals surface area contributed by atoms with Crippen molar-refractivity contribution in [1.29, 1.82) is 0 Å². The molecule has 3 aromatic rings. The van der Waals surface area contributed by atoms with Crippen molar-refractivity contribution in [2.45, 2.75) is 36.0 Å². The van der Waals surface area contributed by atoms with E-state index in [-0.39, 0.29) is 27.7 Å². The van der Waals surface area contributed by atoms with Gasteiger partial charge in [-0.2, -0.15) is 4.98 Å². The van der Waals surface area contributed by atoms with Crippen molar-refractivity contribution < 1.29 is 22.0 Å². The van der Waals surface area contributed by atoms with Gasteiger partial charge in [0.1, 0.15) is 11.3 Å². The third-order valence-electron chi connectivity index (χ3n) is 5.89. The molecule has 1 saturated carbocycles. The maximum atomic E-state index is 13.4. The van der Waals surface area contributed by atoms with Crippen molar-refractivity contribution in [3.05, 3.63) is 53.8 Å². The number of anilines is 1. The Hall–Kier alpha value is -2.94. The summed E-state index contributed by atoms with van der Waals surface area (Å²) in [7, 11) is -3.48. The van der Waals surface area contributed by atoms with Crippen LogP contribution in [0.5, 0.6) is 0 Å². The number of fused-ring (bicyclic) bond motifs is 1. The zero-order chi connectivity index (χ0) is 21.8. The molecule has 1 saturated heterocycles. The summed E-state index contributed by atoms with van der Waals surface area (Å²) in [5.74, 6) is -0.676. The standard InChI is InChI=1S/C22H22FN3O4S/c1-14-13-25(22-24-18-9-6-15(23)12-19(18)30-22)10-11-26(14)21(27)17-4-2-3-5-20(17)31(28,29)16-7-8-16/h2-6,9,12,14,16H,7-8,10-11,13H2,1H3/t14-/m1/s1. The number of rotatable bonds is 4. The number of halogens is 1. The number of benzene rings is 2. The van der Waals surface area contributed by atoms with E-state index in [1.54, 1.807) is 29.2 Å². The first kappa shape index (κ1) is 20.0. The van der Waals surface area contributed by atoms with Crippen LogP contribution in [-0.2, 0) is 9.84 Å². The zero-order valence-electron chi connectivity index (χ0n) is 17.0. The number of hydrogen-bond acceptors (Lipinski definition) is 6. The molecule has 2 aliphatic rings. The maximum Gasteiger partial charge on any atom is 0.298 e. The molecular formula is C22H22FN3O4S. The van der Waals surface area contributed by atoms with Gasteiger partial charge in [-0.15, -0.1) is 0 Å². The summed E-state index contributed by atoms with van der Waals surface area (Å²) in [5.41, 5.74) is 1.18. The Morgan fingerprint density at radius 1 is 1.16 bits per heavy atom. The molecule has 0 radical (unpaired) electrons. The fourth-order valence-electron chi connectivity index (χ4n) is 4.06. The maximum absolute atomic E-state index is 13.4. The van der Waals surface area contributed by atoms with Gasteiger partial charge in [0.15, 0.2) is 15.4 Å². The summed E-state index contributed by atoms with van der Waals surface area (Å²) < 4.78 is 44.7. The molecule has 1 aliphatic heterocycles. The van der Waals surface area contributed by atoms with Gasteiger partial charge in [0, 0.05) is 31.7 Å². The molecule has 0 N–H and O–H groups in total. The molecule has 0 spiro atoms. The number of piperazine rings is 1. The fourth-order valence-corrected chi connectivity index (χ4v) is 5.90. The lowest BCUT2D eigenvalue weighted by molar-refractivity contribution is 0.0667. The van der Waals surface area contributed by atoms with Gasteiger partial charge in [-0.3, -0.25) is 4.79 Å². The SMILES string of the molecule is C[C@@H]1CN(c2nc3ccc(F)cc3o2)CCN1C(=O)c1ccccc1S(=O)(=O)C1CC1. The third-order valence-corrected chi connectivity index (χ3v) is 8.20. The number of sulfone groups is 1. The Kier molecular flexibility index (Phi) is 4.73. The van der Waals surface area contributed by atoms with E-state index in [4.69, 9.17) is 4.42 Å². The number of oxazole rings is 1. The number of aromatic nitrogens is 1. The summed E-state index contributed by atoms with van der Waals surface area (Å²) >= 11 is 0. The molecule has 9 heteroatoms. The van der Waals surface area contributed by atoms with E-state index >= 15 is 0 Å². The second-order valence-corrected chi connectivity index (χ2v) is 10.3. The predicted molar refractivity (Wildman–Crippen MR) is 113 cm³/mol. The smallest absolute Gasteiger partial charge is 0.298 e. The van der Waals surface area contributed by atoms with Crippen LogP contribution in [0.3, 0.4) is 0 Å². The van der Waals surface area contributed by atoms with E-state index in [0.717, 1.165) is 0 Å². The Bertz CT molecular complexity index is 1270. The molecule has 1 aliphatic carbocycles. The molecular weight excluding hydrogens is 421 g/mol. The number of nitrogens with zero attached hydrogens (tertiary/aromatic N) is 3. The molecule has 1 amide bonds. The molecule has 0 bridgehead atoms. The zero-order valence-corrected chi connectivity index (χ0v) is 17.8. The quantitative estimate of drug-likeness (QED) is 0.616. The molecule has 1 aromatic heterocycles. The minimum absolute atomic E-state index is 0.123. The molecule has 162 valence electrons. The van der Waals surface area contributed by atoms with E-state index in [2.05, 4.69) is 4.98 Å². The van der Waals surface area contributed by atoms with E-state index in [1.807, 2.05) is 11.8 Å². The highest BCUT2D eigenvalue weighted by molar-refractivity contribution is 7.92. The van der Waals surface area contributed by atoms with E-state index in [0.29, 0.717) is 49.6 Å². The van der Waals surface area contributed by atoms with Crippen LogP contribution < -0.4 is 4.90 Å². The number of hydrogen-bond donors (Lipinski definition) is 0. The van der Waals surface area contributed by atoms with Crippen LogP contribution in [0.4, 0.5) is 10.4 Å². The van der Waals surface area contributed by atoms with Crippen molar-refractivity contribution in [3.63, 3.8) is 0 Å². The van der Waals surface area contributed by atoms with E-state index < -0.39 is 15.7 Å². The predicted octanol–water partition coefficient (Wildman–Crippen LogP) is 3.25. The molecule has 7 nitrogen and oxygen atoms in total. The summed E-state index contributed by atoms with van der Waals surface area (Å²) in [4.78, 5) is 21.5. The summed E-state index contributed by atoms with van der Waals surface area (Å²) in [6.07, 6.45) is 1.29. The highest BCUT2D eigenvalue weighted by atomic mass is 32.2. The average Bonchev–Trinajstić information content (AvgIpc) is 3.54. The largest absolute Gasteiger partial charge is 0.423 e. The van der Waals surface area contributed by atoms with Gasteiger partial charge in [-0.25, -0.2) is 12.8 Å².